The smallest absolute Gasteiger partial charge is 0.303 e. The number of esters is 2. The molecule has 0 saturated carbocycles. The van der Waals surface area contributed by atoms with E-state index in [4.69, 9.17) is 28.4 Å². The van der Waals surface area contributed by atoms with Crippen LogP contribution in [0, 0.1) is 17.8 Å². The highest BCUT2D eigenvalue weighted by Gasteiger charge is 2.52. The predicted octanol–water partition coefficient (Wildman–Crippen LogP) is 2.45. The monoisotopic (exact) mass is 441 g/mol. The lowest BCUT2D eigenvalue weighted by molar-refractivity contribution is -0.321. The van der Waals surface area contributed by atoms with Crippen LogP contribution in [0.5, 0.6) is 0 Å². The van der Waals surface area contributed by atoms with Gasteiger partial charge in [0.15, 0.2) is 18.3 Å². The molecule has 0 spiro atoms. The minimum atomic E-state index is -0.764. The van der Waals surface area contributed by atoms with Crippen molar-refractivity contribution in [2.45, 2.75) is 97.9 Å². The Bertz CT molecular complexity index is 697. The molecule has 3 aliphatic rings. The Labute approximate surface area is 183 Å². The first-order valence-electron chi connectivity index (χ1n) is 11.1. The second kappa shape index (κ2) is 9.83. The summed E-state index contributed by atoms with van der Waals surface area (Å²) in [5.41, 5.74) is 0. The van der Waals surface area contributed by atoms with E-state index in [9.17, 15) is 9.59 Å². The molecule has 10 atom stereocenters. The molecule has 0 aliphatic carbocycles. The Morgan fingerprint density at radius 3 is 2.29 bits per heavy atom. The number of ether oxygens (including phenoxy) is 6. The van der Waals surface area contributed by atoms with Crippen molar-refractivity contribution in [2.24, 2.45) is 22.7 Å². The molecule has 0 N–H and O–H groups in total. The first-order valence-corrected chi connectivity index (χ1v) is 11.1. The lowest BCUT2D eigenvalue weighted by Crippen LogP contribution is -2.59. The largest absolute Gasteiger partial charge is 0.463 e. The number of rotatable bonds is 6. The summed E-state index contributed by atoms with van der Waals surface area (Å²) in [6, 6.07) is -0.243. The topological polar surface area (TPSA) is 102 Å². The zero-order valence-corrected chi connectivity index (χ0v) is 19.4. The standard InChI is InChI=1S/C22H35NO8/c1-8-16-10(2)11(3)20(28-15(7)25)22(29-16)31-19-12(4)18-21(27-13(5)23-18)30-17(19)9-26-14(6)24/h10-12,16-22H,8-9H2,1-7H3/t10-,11-,12+,16?,17?,18?,19-,20?,21-,22-/m0/s1. The van der Waals surface area contributed by atoms with Gasteiger partial charge in [0.2, 0.25) is 6.29 Å². The van der Waals surface area contributed by atoms with Crippen molar-refractivity contribution < 1.29 is 38.0 Å². The molecule has 3 aliphatic heterocycles. The molecule has 0 aromatic rings. The lowest BCUT2D eigenvalue weighted by atomic mass is 9.82. The van der Waals surface area contributed by atoms with E-state index < -0.39 is 36.9 Å². The minimum Gasteiger partial charge on any atom is -0.463 e. The van der Waals surface area contributed by atoms with E-state index in [1.807, 2.05) is 13.8 Å². The summed E-state index contributed by atoms with van der Waals surface area (Å²) in [4.78, 5) is 27.8. The fraction of sp³-hybridized carbons (Fsp3) is 0.864. The van der Waals surface area contributed by atoms with Crippen LogP contribution in [0.4, 0.5) is 0 Å². The Morgan fingerprint density at radius 2 is 1.68 bits per heavy atom. The van der Waals surface area contributed by atoms with Crippen molar-refractivity contribution in [3.05, 3.63) is 0 Å². The van der Waals surface area contributed by atoms with Gasteiger partial charge in [0.1, 0.15) is 18.8 Å². The van der Waals surface area contributed by atoms with Crippen LogP contribution >= 0.6 is 0 Å². The normalized spacial score (nSPS) is 42.2. The fourth-order valence-corrected chi connectivity index (χ4v) is 4.69. The molecule has 0 radical (unpaired) electrons. The molecule has 4 unspecified atom stereocenters. The van der Waals surface area contributed by atoms with Crippen LogP contribution in [0.3, 0.4) is 0 Å². The summed E-state index contributed by atoms with van der Waals surface area (Å²) in [5, 5.41) is 0. The average molecular weight is 442 g/mol. The van der Waals surface area contributed by atoms with Crippen molar-refractivity contribution in [1.82, 2.24) is 0 Å². The summed E-state index contributed by atoms with van der Waals surface area (Å²) in [7, 11) is 0. The molecular formula is C22H35NO8. The quantitative estimate of drug-likeness (QED) is 0.579. The molecule has 176 valence electrons. The summed E-state index contributed by atoms with van der Waals surface area (Å²) in [6.45, 7) is 12.7. The molecule has 0 aromatic carbocycles. The van der Waals surface area contributed by atoms with Gasteiger partial charge in [-0.1, -0.05) is 27.7 Å². The van der Waals surface area contributed by atoms with Gasteiger partial charge in [0.05, 0.1) is 12.2 Å². The Hall–Kier alpha value is -1.71. The highest BCUT2D eigenvalue weighted by Crippen LogP contribution is 2.39. The zero-order chi connectivity index (χ0) is 22.9. The van der Waals surface area contributed by atoms with Crippen LogP contribution in [0.15, 0.2) is 4.99 Å². The number of fused-ring (bicyclic) bond motifs is 1. The van der Waals surface area contributed by atoms with Gasteiger partial charge in [-0.3, -0.25) is 9.59 Å². The lowest BCUT2D eigenvalue weighted by Gasteiger charge is -2.47. The van der Waals surface area contributed by atoms with Gasteiger partial charge in [0.25, 0.3) is 0 Å². The number of hydrogen-bond donors (Lipinski definition) is 0. The van der Waals surface area contributed by atoms with E-state index in [0.29, 0.717) is 5.90 Å². The maximum Gasteiger partial charge on any atom is 0.303 e. The molecule has 3 heterocycles. The van der Waals surface area contributed by atoms with E-state index in [1.54, 1.807) is 6.92 Å². The van der Waals surface area contributed by atoms with Crippen molar-refractivity contribution >= 4 is 17.8 Å². The molecule has 2 fully saturated rings. The zero-order valence-electron chi connectivity index (χ0n) is 19.4. The fourth-order valence-electron chi connectivity index (χ4n) is 4.69. The van der Waals surface area contributed by atoms with Crippen molar-refractivity contribution in [2.75, 3.05) is 6.61 Å². The average Bonchev–Trinajstić information content (AvgIpc) is 3.08. The van der Waals surface area contributed by atoms with E-state index in [1.165, 1.54) is 13.8 Å². The van der Waals surface area contributed by atoms with E-state index in [0.717, 1.165) is 6.42 Å². The number of carbonyl (C=O) groups excluding carboxylic acids is 2. The second-order valence-corrected chi connectivity index (χ2v) is 8.81. The summed E-state index contributed by atoms with van der Waals surface area (Å²) in [5.74, 6) is -0.0997. The van der Waals surface area contributed by atoms with Gasteiger partial charge in [-0.2, -0.15) is 0 Å². The van der Waals surface area contributed by atoms with Gasteiger partial charge in [0, 0.05) is 32.6 Å². The van der Waals surface area contributed by atoms with Gasteiger partial charge in [-0.15, -0.1) is 0 Å². The van der Waals surface area contributed by atoms with E-state index in [2.05, 4.69) is 18.8 Å². The van der Waals surface area contributed by atoms with E-state index >= 15 is 0 Å². The SMILES string of the molecule is CCC1O[C@@H](O[C@@H]2C(COC(C)=O)O[C@@H]3OC(C)=NC3[C@H]2C)C(OC(C)=O)[C@@H](C)[C@@H]1C. The third-order valence-electron chi connectivity index (χ3n) is 6.59. The van der Waals surface area contributed by atoms with Crippen molar-refractivity contribution in [1.29, 1.82) is 0 Å². The maximum absolute atomic E-state index is 11.8. The number of carbonyl (C=O) groups is 2. The molecule has 9 nitrogen and oxygen atoms in total. The first kappa shape index (κ1) is 23.9. The van der Waals surface area contributed by atoms with Crippen LogP contribution < -0.4 is 0 Å². The molecule has 0 bridgehead atoms. The third-order valence-corrected chi connectivity index (χ3v) is 6.59. The highest BCUT2D eigenvalue weighted by atomic mass is 16.7. The summed E-state index contributed by atoms with van der Waals surface area (Å²) < 4.78 is 35.3. The molecule has 9 heteroatoms. The van der Waals surface area contributed by atoms with Gasteiger partial charge >= 0.3 is 11.9 Å². The van der Waals surface area contributed by atoms with Gasteiger partial charge in [-0.25, -0.2) is 4.99 Å². The van der Waals surface area contributed by atoms with Crippen LogP contribution in [0.2, 0.25) is 0 Å². The van der Waals surface area contributed by atoms with Crippen LogP contribution in [0.25, 0.3) is 0 Å². The first-order chi connectivity index (χ1) is 14.6. The van der Waals surface area contributed by atoms with E-state index in [-0.39, 0.29) is 42.5 Å². The Balaban J connectivity index is 1.84. The van der Waals surface area contributed by atoms with Crippen LogP contribution in [-0.2, 0) is 38.0 Å². The molecule has 0 amide bonds. The molecular weight excluding hydrogens is 406 g/mol. The molecule has 0 aromatic heterocycles. The Kier molecular flexibility index (Phi) is 7.59. The van der Waals surface area contributed by atoms with Gasteiger partial charge in [-0.05, 0) is 12.3 Å². The minimum absolute atomic E-state index is 0.0179. The number of nitrogens with zero attached hydrogens (tertiary/aromatic N) is 1. The summed E-state index contributed by atoms with van der Waals surface area (Å²) in [6.07, 6.45) is -2.15. The Morgan fingerprint density at radius 1 is 0.968 bits per heavy atom. The number of hydrogen-bond acceptors (Lipinski definition) is 9. The third kappa shape index (κ3) is 5.21. The van der Waals surface area contributed by atoms with Gasteiger partial charge < -0.3 is 28.4 Å². The summed E-state index contributed by atoms with van der Waals surface area (Å²) >= 11 is 0. The highest BCUT2D eigenvalue weighted by molar-refractivity contribution is 5.75. The maximum atomic E-state index is 11.8. The molecule has 31 heavy (non-hydrogen) atoms. The molecule has 2 saturated heterocycles. The van der Waals surface area contributed by atoms with Crippen molar-refractivity contribution in [3.8, 4) is 0 Å². The van der Waals surface area contributed by atoms with Crippen LogP contribution in [0.1, 0.15) is 54.9 Å². The van der Waals surface area contributed by atoms with Crippen LogP contribution in [-0.4, -0.2) is 67.5 Å². The number of aliphatic imine (C=N–C) groups is 1. The van der Waals surface area contributed by atoms with Crippen molar-refractivity contribution in [3.63, 3.8) is 0 Å². The predicted molar refractivity (Wildman–Crippen MR) is 110 cm³/mol. The second-order valence-electron chi connectivity index (χ2n) is 8.81. The molecule has 3 rings (SSSR count).